The maximum atomic E-state index is 11.9. The van der Waals surface area contributed by atoms with Crippen LogP contribution in [0.2, 0.25) is 0 Å². The molecule has 10 heteroatoms. The van der Waals surface area contributed by atoms with E-state index in [1.165, 1.54) is 24.2 Å². The maximum absolute atomic E-state index is 11.9. The predicted octanol–water partition coefficient (Wildman–Crippen LogP) is 5.25. The number of nitrogens with one attached hydrogen (secondary N) is 3. The summed E-state index contributed by atoms with van der Waals surface area (Å²) in [7, 11) is 0. The first-order valence-corrected chi connectivity index (χ1v) is 12.2. The van der Waals surface area contributed by atoms with Gasteiger partial charge in [0.25, 0.3) is 0 Å². The Hall–Kier alpha value is -2.85. The van der Waals surface area contributed by atoms with E-state index in [0.29, 0.717) is 28.6 Å². The van der Waals surface area contributed by atoms with Crippen LogP contribution in [0.5, 0.6) is 0 Å². The van der Waals surface area contributed by atoms with Gasteiger partial charge in [-0.3, -0.25) is 4.98 Å². The molecule has 0 fully saturated rings. The molecule has 0 aliphatic carbocycles. The van der Waals surface area contributed by atoms with Gasteiger partial charge in [0.15, 0.2) is 10.8 Å². The molecule has 8 nitrogen and oxygen atoms in total. The van der Waals surface area contributed by atoms with Gasteiger partial charge >= 0.3 is 6.09 Å². The minimum Gasteiger partial charge on any atom is -0.444 e. The number of rotatable bonds is 8. The lowest BCUT2D eigenvalue weighted by Gasteiger charge is -2.19. The molecule has 3 rings (SSSR count). The Bertz CT molecular complexity index is 1110. The van der Waals surface area contributed by atoms with Gasteiger partial charge in [-0.25, -0.2) is 14.8 Å². The van der Waals surface area contributed by atoms with Crippen LogP contribution in [0.25, 0.3) is 21.7 Å². The smallest absolute Gasteiger partial charge is 0.407 e. The maximum Gasteiger partial charge on any atom is 0.407 e. The number of thiocarbonyl (C=S) groups is 1. The van der Waals surface area contributed by atoms with Gasteiger partial charge in [0.1, 0.15) is 22.6 Å². The summed E-state index contributed by atoms with van der Waals surface area (Å²) in [5, 5.41) is 9.62. The van der Waals surface area contributed by atoms with Crippen LogP contribution in [0.1, 0.15) is 51.8 Å². The minimum atomic E-state index is -0.527. The summed E-state index contributed by atoms with van der Waals surface area (Å²) in [5.74, 6) is 0.621. The van der Waals surface area contributed by atoms with Gasteiger partial charge < -0.3 is 20.7 Å². The molecule has 0 aromatic carbocycles. The molecule has 176 valence electrons. The van der Waals surface area contributed by atoms with Crippen LogP contribution < -0.4 is 16.0 Å². The Kier molecular flexibility index (Phi) is 8.51. The highest BCUT2D eigenvalue weighted by Gasteiger charge is 2.16. The second-order valence-corrected chi connectivity index (χ2v) is 10.1. The van der Waals surface area contributed by atoms with E-state index in [4.69, 9.17) is 17.0 Å². The fourth-order valence-electron chi connectivity index (χ4n) is 2.91. The number of thiophene rings is 1. The summed E-state index contributed by atoms with van der Waals surface area (Å²) in [6.45, 7) is 8.89. The number of carbonyl (C=O) groups is 1. The number of nitrogens with zero attached hydrogens (tertiary/aromatic N) is 3. The number of anilines is 1. The van der Waals surface area contributed by atoms with Crippen LogP contribution in [0, 0.1) is 0 Å². The summed E-state index contributed by atoms with van der Waals surface area (Å²) in [4.78, 5) is 27.5. The number of hydrogen-bond acceptors (Lipinski definition) is 7. The lowest BCUT2D eigenvalue weighted by Crippen LogP contribution is -2.31. The molecule has 3 N–H and O–H groups in total. The van der Waals surface area contributed by atoms with Crippen LogP contribution in [-0.2, 0) is 11.3 Å². The van der Waals surface area contributed by atoms with Gasteiger partial charge in [-0.05, 0) is 63.7 Å². The SMILES string of the molecule is CCCCCNC(=S)Nc1ccc2ncc(-c3ccc(CNC(=O)OC(C)(C)C)s3)nc2n1. The Morgan fingerprint density at radius 2 is 1.94 bits per heavy atom. The van der Waals surface area contributed by atoms with E-state index >= 15 is 0 Å². The number of alkyl carbamates (subject to hydrolysis) is 1. The van der Waals surface area contributed by atoms with E-state index in [9.17, 15) is 4.79 Å². The molecule has 0 spiro atoms. The van der Waals surface area contributed by atoms with Crippen molar-refractivity contribution in [2.45, 2.75) is 59.1 Å². The second-order valence-electron chi connectivity index (χ2n) is 8.50. The van der Waals surface area contributed by atoms with Crippen LogP contribution >= 0.6 is 23.6 Å². The molecule has 0 atom stereocenters. The molecule has 3 aromatic rings. The van der Waals surface area contributed by atoms with Crippen molar-refractivity contribution >= 4 is 51.7 Å². The van der Waals surface area contributed by atoms with Gasteiger partial charge in [-0.2, -0.15) is 0 Å². The van der Waals surface area contributed by atoms with Crippen molar-refractivity contribution in [3.63, 3.8) is 0 Å². The zero-order valence-electron chi connectivity index (χ0n) is 19.4. The summed E-state index contributed by atoms with van der Waals surface area (Å²) < 4.78 is 5.27. The van der Waals surface area contributed by atoms with Gasteiger partial charge in [-0.15, -0.1) is 11.3 Å². The van der Waals surface area contributed by atoms with Crippen molar-refractivity contribution in [2.24, 2.45) is 0 Å². The molecule has 0 unspecified atom stereocenters. The Balaban J connectivity index is 1.64. The third-order valence-corrected chi connectivity index (χ3v) is 5.79. The van der Waals surface area contributed by atoms with E-state index < -0.39 is 11.7 Å². The molecule has 0 bridgehead atoms. The number of hydrogen-bond donors (Lipinski definition) is 3. The topological polar surface area (TPSA) is 101 Å². The standard InChI is InChI=1S/C23H30N6O2S2/c1-5-6-7-12-24-21(32)29-19-11-9-16-20(28-19)27-17(14-25-16)18-10-8-15(33-18)13-26-22(30)31-23(2,3)4/h8-11,14H,5-7,12-13H2,1-4H3,(H,26,30)(H2,24,27,28,29,32). The number of amides is 1. The largest absolute Gasteiger partial charge is 0.444 e. The van der Waals surface area contributed by atoms with E-state index in [0.717, 1.165) is 28.4 Å². The average molecular weight is 487 g/mol. The molecule has 0 saturated heterocycles. The summed E-state index contributed by atoms with van der Waals surface area (Å²) in [5.41, 5.74) is 1.43. The predicted molar refractivity (Wildman–Crippen MR) is 137 cm³/mol. The molecule has 0 aliphatic heterocycles. The molecule has 3 aromatic heterocycles. The fourth-order valence-corrected chi connectivity index (χ4v) is 4.02. The molecule has 0 saturated carbocycles. The minimum absolute atomic E-state index is 0.385. The highest BCUT2D eigenvalue weighted by atomic mass is 32.1. The normalized spacial score (nSPS) is 11.3. The van der Waals surface area contributed by atoms with Crippen LogP contribution in [0.4, 0.5) is 10.6 Å². The van der Waals surface area contributed by atoms with Gasteiger partial charge in [0.05, 0.1) is 17.6 Å². The lowest BCUT2D eigenvalue weighted by atomic mass is 10.2. The first-order chi connectivity index (χ1) is 15.7. The van der Waals surface area contributed by atoms with Gasteiger partial charge in [0.2, 0.25) is 0 Å². The average Bonchev–Trinajstić information content (AvgIpc) is 3.23. The molecule has 0 aliphatic rings. The second kappa shape index (κ2) is 11.3. The summed E-state index contributed by atoms with van der Waals surface area (Å²) in [6.07, 6.45) is 4.71. The number of fused-ring (bicyclic) bond motifs is 1. The molecular formula is C23H30N6O2S2. The number of unbranched alkanes of at least 4 members (excludes halogenated alkanes) is 2. The van der Waals surface area contributed by atoms with Crippen LogP contribution in [0.15, 0.2) is 30.5 Å². The van der Waals surface area contributed by atoms with E-state index in [2.05, 4.69) is 37.8 Å². The molecule has 1 amide bonds. The number of aromatic nitrogens is 3. The summed E-state index contributed by atoms with van der Waals surface area (Å²) >= 11 is 6.89. The van der Waals surface area contributed by atoms with E-state index in [1.54, 1.807) is 6.20 Å². The number of ether oxygens (including phenoxy) is 1. The lowest BCUT2D eigenvalue weighted by molar-refractivity contribution is 0.0524. The van der Waals surface area contributed by atoms with Crippen LogP contribution in [-0.4, -0.2) is 38.3 Å². The zero-order chi connectivity index (χ0) is 23.8. The highest BCUT2D eigenvalue weighted by molar-refractivity contribution is 7.80. The first-order valence-electron chi connectivity index (χ1n) is 11.0. The zero-order valence-corrected chi connectivity index (χ0v) is 21.0. The fraction of sp³-hybridized carbons (Fsp3) is 0.435. The monoisotopic (exact) mass is 486 g/mol. The van der Waals surface area contributed by atoms with Crippen molar-refractivity contribution in [1.82, 2.24) is 25.6 Å². The van der Waals surface area contributed by atoms with Gasteiger partial charge in [-0.1, -0.05) is 19.8 Å². The molecule has 33 heavy (non-hydrogen) atoms. The third-order valence-electron chi connectivity index (χ3n) is 4.43. The van der Waals surface area contributed by atoms with Crippen molar-refractivity contribution in [3.05, 3.63) is 35.3 Å². The molecule has 3 heterocycles. The van der Waals surface area contributed by atoms with Crippen molar-refractivity contribution < 1.29 is 9.53 Å². The van der Waals surface area contributed by atoms with Crippen molar-refractivity contribution in [3.8, 4) is 10.6 Å². The Labute approximate surface area is 203 Å². The van der Waals surface area contributed by atoms with Gasteiger partial charge in [0, 0.05) is 11.4 Å². The van der Waals surface area contributed by atoms with Crippen LogP contribution in [0.3, 0.4) is 0 Å². The van der Waals surface area contributed by atoms with E-state index in [-0.39, 0.29) is 0 Å². The van der Waals surface area contributed by atoms with Crippen molar-refractivity contribution in [2.75, 3.05) is 11.9 Å². The Morgan fingerprint density at radius 1 is 1.12 bits per heavy atom. The van der Waals surface area contributed by atoms with Crippen molar-refractivity contribution in [1.29, 1.82) is 0 Å². The van der Waals surface area contributed by atoms with E-state index in [1.807, 2.05) is 45.0 Å². The summed E-state index contributed by atoms with van der Waals surface area (Å²) in [6, 6.07) is 7.62. The molecular weight excluding hydrogens is 456 g/mol. The highest BCUT2D eigenvalue weighted by Crippen LogP contribution is 2.27. The third kappa shape index (κ3) is 7.90. The number of pyridine rings is 1. The Morgan fingerprint density at radius 3 is 2.70 bits per heavy atom. The number of carbonyl (C=O) groups excluding carboxylic acids is 1. The quantitative estimate of drug-likeness (QED) is 0.293. The molecule has 0 radical (unpaired) electrons. The first kappa shape index (κ1) is 24.8.